The van der Waals surface area contributed by atoms with E-state index in [1.54, 1.807) is 18.3 Å². The van der Waals surface area contributed by atoms with Crippen LogP contribution in [0.3, 0.4) is 0 Å². The number of nitrogens with zero attached hydrogens (tertiary/aromatic N) is 5. The van der Waals surface area contributed by atoms with Crippen LogP contribution in [0.5, 0.6) is 0 Å². The van der Waals surface area contributed by atoms with Gasteiger partial charge in [0.2, 0.25) is 11.9 Å². The van der Waals surface area contributed by atoms with Crippen LogP contribution in [0.25, 0.3) is 11.0 Å². The molecule has 2 heterocycles. The maximum absolute atomic E-state index is 11.7. The first-order valence-corrected chi connectivity index (χ1v) is 14.2. The highest BCUT2D eigenvalue weighted by Crippen LogP contribution is 2.28. The predicted molar refractivity (Wildman–Crippen MR) is 153 cm³/mol. The number of hydrogen-bond acceptors (Lipinski definition) is 8. The third kappa shape index (κ3) is 5.92. The van der Waals surface area contributed by atoms with Gasteiger partial charge >= 0.3 is 0 Å². The maximum Gasteiger partial charge on any atom is 0.229 e. The van der Waals surface area contributed by atoms with Gasteiger partial charge in [0.1, 0.15) is 5.82 Å². The van der Waals surface area contributed by atoms with E-state index in [1.807, 2.05) is 72.1 Å². The zero-order valence-electron chi connectivity index (χ0n) is 21.5. The van der Waals surface area contributed by atoms with Gasteiger partial charge in [-0.2, -0.15) is 4.98 Å². The van der Waals surface area contributed by atoms with Crippen LogP contribution in [-0.2, 0) is 29.2 Å². The Kier molecular flexibility index (Phi) is 6.97. The molecule has 0 aliphatic rings. The fourth-order valence-corrected chi connectivity index (χ4v) is 5.02. The molecule has 0 spiro atoms. The van der Waals surface area contributed by atoms with Gasteiger partial charge in [0.25, 0.3) is 0 Å². The molecule has 10 heteroatoms. The van der Waals surface area contributed by atoms with E-state index >= 15 is 0 Å². The topological polar surface area (TPSA) is 105 Å². The summed E-state index contributed by atoms with van der Waals surface area (Å²) in [5.41, 5.74) is 5.45. The van der Waals surface area contributed by atoms with Gasteiger partial charge in [-0.15, -0.1) is 0 Å². The molecular formula is C28H29N7O2S. The molecule has 5 aromatic rings. The molecule has 0 saturated carbocycles. The number of aryl methyl sites for hydroxylation is 1. The Morgan fingerprint density at radius 3 is 2.50 bits per heavy atom. The molecule has 0 saturated heterocycles. The summed E-state index contributed by atoms with van der Waals surface area (Å²) in [4.78, 5) is 15.8. The molecule has 194 valence electrons. The summed E-state index contributed by atoms with van der Waals surface area (Å²) in [6.07, 6.45) is 2.91. The Hall–Kier alpha value is -4.44. The quantitative estimate of drug-likeness (QED) is 0.275. The Balaban J connectivity index is 1.33. The van der Waals surface area contributed by atoms with Crippen LogP contribution >= 0.6 is 0 Å². The summed E-state index contributed by atoms with van der Waals surface area (Å²) in [5.74, 6) is 1.89. The minimum absolute atomic E-state index is 0.0222. The number of rotatable bonds is 9. The van der Waals surface area contributed by atoms with Crippen molar-refractivity contribution in [2.45, 2.75) is 12.3 Å². The molecule has 0 aliphatic heterocycles. The smallest absolute Gasteiger partial charge is 0.229 e. The lowest BCUT2D eigenvalue weighted by Gasteiger charge is -2.19. The summed E-state index contributed by atoms with van der Waals surface area (Å²) >= 11 is 0. The van der Waals surface area contributed by atoms with Crippen LogP contribution in [0.2, 0.25) is 0 Å². The Morgan fingerprint density at radius 1 is 0.921 bits per heavy atom. The van der Waals surface area contributed by atoms with E-state index in [0.717, 1.165) is 28.4 Å². The lowest BCUT2D eigenvalue weighted by Crippen LogP contribution is -2.12. The van der Waals surface area contributed by atoms with E-state index in [2.05, 4.69) is 38.8 Å². The monoisotopic (exact) mass is 527 g/mol. The van der Waals surface area contributed by atoms with Gasteiger partial charge in [-0.1, -0.05) is 42.5 Å². The number of nitrogens with one attached hydrogen (secondary N) is 2. The van der Waals surface area contributed by atoms with Crippen LogP contribution < -0.4 is 15.5 Å². The van der Waals surface area contributed by atoms with Crippen LogP contribution in [-0.4, -0.2) is 41.2 Å². The molecule has 0 bridgehead atoms. The van der Waals surface area contributed by atoms with E-state index in [-0.39, 0.29) is 5.75 Å². The van der Waals surface area contributed by atoms with Crippen molar-refractivity contribution in [3.63, 3.8) is 0 Å². The maximum atomic E-state index is 11.7. The Morgan fingerprint density at radius 2 is 1.71 bits per heavy atom. The number of aromatic nitrogens is 4. The second-order valence-electron chi connectivity index (χ2n) is 9.20. The Labute approximate surface area is 222 Å². The third-order valence-electron chi connectivity index (χ3n) is 6.14. The second kappa shape index (κ2) is 10.5. The van der Waals surface area contributed by atoms with Crippen molar-refractivity contribution in [3.05, 3.63) is 96.2 Å². The molecule has 2 N–H and O–H groups in total. The molecule has 9 nitrogen and oxygen atoms in total. The molecule has 3 aromatic carbocycles. The number of anilines is 5. The van der Waals surface area contributed by atoms with Gasteiger partial charge < -0.3 is 20.1 Å². The molecular weight excluding hydrogens is 498 g/mol. The lowest BCUT2D eigenvalue weighted by atomic mass is 10.2. The van der Waals surface area contributed by atoms with Gasteiger partial charge in [0, 0.05) is 44.5 Å². The summed E-state index contributed by atoms with van der Waals surface area (Å²) in [5, 5.41) is 6.60. The fourth-order valence-electron chi connectivity index (χ4n) is 4.23. The van der Waals surface area contributed by atoms with Gasteiger partial charge in [-0.05, 0) is 47.5 Å². The predicted octanol–water partition coefficient (Wildman–Crippen LogP) is 5.03. The number of sulfone groups is 1. The van der Waals surface area contributed by atoms with Gasteiger partial charge in [0.05, 0.1) is 16.8 Å². The van der Waals surface area contributed by atoms with Gasteiger partial charge in [0.15, 0.2) is 9.84 Å². The zero-order valence-corrected chi connectivity index (χ0v) is 22.3. The first kappa shape index (κ1) is 25.2. The zero-order chi connectivity index (χ0) is 26.7. The van der Waals surface area contributed by atoms with E-state index in [0.29, 0.717) is 23.9 Å². The Bertz CT molecular complexity index is 1680. The highest BCUT2D eigenvalue weighted by Gasteiger charge is 2.13. The number of imidazole rings is 1. The van der Waals surface area contributed by atoms with Gasteiger partial charge in [-0.25, -0.2) is 18.4 Å². The largest absolute Gasteiger partial charge is 0.352 e. The fraction of sp³-hybridized carbons (Fsp3) is 0.179. The highest BCUT2D eigenvalue weighted by atomic mass is 32.2. The molecule has 2 aromatic heterocycles. The van der Waals surface area contributed by atoms with Crippen molar-refractivity contribution >= 4 is 50.0 Å². The van der Waals surface area contributed by atoms with Crippen molar-refractivity contribution in [1.82, 2.24) is 19.5 Å². The van der Waals surface area contributed by atoms with Crippen molar-refractivity contribution < 1.29 is 8.42 Å². The van der Waals surface area contributed by atoms with Crippen molar-refractivity contribution in [2.75, 3.05) is 28.8 Å². The van der Waals surface area contributed by atoms with Crippen molar-refractivity contribution in [3.8, 4) is 0 Å². The molecule has 0 fully saturated rings. The normalized spacial score (nSPS) is 11.4. The van der Waals surface area contributed by atoms with Crippen LogP contribution in [0.15, 0.2) is 85.1 Å². The van der Waals surface area contributed by atoms with Gasteiger partial charge in [-0.3, -0.25) is 0 Å². The van der Waals surface area contributed by atoms with Crippen LogP contribution in [0.4, 0.5) is 29.1 Å². The van der Waals surface area contributed by atoms with E-state index in [1.165, 1.54) is 11.8 Å². The molecule has 0 aliphatic carbocycles. The van der Waals surface area contributed by atoms with E-state index in [9.17, 15) is 8.42 Å². The SMILES string of the molecule is CN(c1ccc2c(c1)nc(NCc1ccccc1)n2C)c1ccnc(Nc2cccc(CS(C)(=O)=O)c2)n1. The summed E-state index contributed by atoms with van der Waals surface area (Å²) < 4.78 is 25.4. The average molecular weight is 528 g/mol. The summed E-state index contributed by atoms with van der Waals surface area (Å²) in [6, 6.07) is 25.4. The van der Waals surface area contributed by atoms with Crippen molar-refractivity contribution in [1.29, 1.82) is 0 Å². The van der Waals surface area contributed by atoms with E-state index in [4.69, 9.17) is 4.98 Å². The minimum atomic E-state index is -3.12. The van der Waals surface area contributed by atoms with E-state index < -0.39 is 9.84 Å². The molecule has 0 radical (unpaired) electrons. The standard InChI is InChI=1S/C28H29N7O2S/c1-34(26-14-15-29-27(33-26)31-22-11-7-10-21(16-22)19-38(3,36)37)23-12-13-25-24(17-23)32-28(35(25)2)30-18-20-8-5-4-6-9-20/h4-17H,18-19H2,1-3H3,(H,30,32)(H,29,31,33). The van der Waals surface area contributed by atoms with Crippen LogP contribution in [0.1, 0.15) is 11.1 Å². The number of fused-ring (bicyclic) bond motifs is 1. The number of hydrogen-bond donors (Lipinski definition) is 2. The first-order chi connectivity index (χ1) is 18.2. The van der Waals surface area contributed by atoms with Crippen molar-refractivity contribution in [2.24, 2.45) is 7.05 Å². The molecule has 5 rings (SSSR count). The average Bonchev–Trinajstić information content (AvgIpc) is 3.21. The molecule has 0 atom stereocenters. The first-order valence-electron chi connectivity index (χ1n) is 12.1. The molecule has 0 unspecified atom stereocenters. The molecule has 38 heavy (non-hydrogen) atoms. The number of benzene rings is 3. The summed E-state index contributed by atoms with van der Waals surface area (Å²) in [7, 11) is 0.817. The molecule has 0 amide bonds. The summed E-state index contributed by atoms with van der Waals surface area (Å²) in [6.45, 7) is 0.693. The lowest BCUT2D eigenvalue weighted by molar-refractivity contribution is 0.601. The minimum Gasteiger partial charge on any atom is -0.352 e. The third-order valence-corrected chi connectivity index (χ3v) is 7.00. The van der Waals surface area contributed by atoms with Crippen LogP contribution in [0, 0.1) is 0 Å². The second-order valence-corrected chi connectivity index (χ2v) is 11.3. The highest BCUT2D eigenvalue weighted by molar-refractivity contribution is 7.89.